The third-order valence-corrected chi connectivity index (χ3v) is 5.27. The van der Waals surface area contributed by atoms with Crippen molar-refractivity contribution in [3.05, 3.63) is 59.9 Å². The van der Waals surface area contributed by atoms with E-state index in [9.17, 15) is 9.59 Å². The molecule has 0 bridgehead atoms. The fraction of sp³-hybridized carbons (Fsp3) is 0.381. The van der Waals surface area contributed by atoms with Crippen LogP contribution in [0.5, 0.6) is 0 Å². The van der Waals surface area contributed by atoms with Crippen molar-refractivity contribution in [1.29, 1.82) is 0 Å². The molecule has 0 unspecified atom stereocenters. The number of amides is 2. The molecule has 0 saturated carbocycles. The lowest BCUT2D eigenvalue weighted by atomic mass is 9.97. The van der Waals surface area contributed by atoms with Crippen LogP contribution in [0.15, 0.2) is 48.7 Å². The Balaban J connectivity index is 1.60. The Morgan fingerprint density at radius 1 is 1.04 bits per heavy atom. The Labute approximate surface area is 153 Å². The van der Waals surface area contributed by atoms with Gasteiger partial charge in [0, 0.05) is 37.0 Å². The maximum atomic E-state index is 13.2. The van der Waals surface area contributed by atoms with Crippen molar-refractivity contribution in [3.63, 3.8) is 0 Å². The number of hydrogen-bond acceptors (Lipinski definition) is 3. The summed E-state index contributed by atoms with van der Waals surface area (Å²) in [6, 6.07) is 13.4. The summed E-state index contributed by atoms with van der Waals surface area (Å²) in [5.74, 6) is 0.160. The highest BCUT2D eigenvalue weighted by molar-refractivity contribution is 5.99. The first-order valence-corrected chi connectivity index (χ1v) is 9.36. The number of piperidine rings is 1. The molecular weight excluding hydrogens is 326 g/mol. The number of hydrogen-bond donors (Lipinski definition) is 0. The zero-order valence-electron chi connectivity index (χ0n) is 14.8. The van der Waals surface area contributed by atoms with Gasteiger partial charge >= 0.3 is 0 Å². The summed E-state index contributed by atoms with van der Waals surface area (Å²) in [5, 5.41) is 0. The van der Waals surface area contributed by atoms with E-state index in [1.54, 1.807) is 11.1 Å². The molecule has 5 nitrogen and oxygen atoms in total. The van der Waals surface area contributed by atoms with E-state index in [-0.39, 0.29) is 17.9 Å². The second kappa shape index (κ2) is 7.28. The minimum absolute atomic E-state index is 0.0221. The quantitative estimate of drug-likeness (QED) is 0.851. The van der Waals surface area contributed by atoms with Crippen molar-refractivity contribution in [3.8, 4) is 0 Å². The van der Waals surface area contributed by atoms with Crippen LogP contribution in [0.4, 0.5) is 5.69 Å². The summed E-state index contributed by atoms with van der Waals surface area (Å²) in [6.07, 6.45) is 6.31. The molecule has 0 radical (unpaired) electrons. The van der Waals surface area contributed by atoms with Crippen LogP contribution in [-0.2, 0) is 4.79 Å². The van der Waals surface area contributed by atoms with E-state index in [4.69, 9.17) is 0 Å². The van der Waals surface area contributed by atoms with Crippen LogP contribution >= 0.6 is 0 Å². The molecule has 1 aromatic heterocycles. The van der Waals surface area contributed by atoms with Gasteiger partial charge in [-0.3, -0.25) is 14.6 Å². The summed E-state index contributed by atoms with van der Waals surface area (Å²) in [5.41, 5.74) is 2.42. The maximum absolute atomic E-state index is 13.2. The Kier molecular flexibility index (Phi) is 4.69. The van der Waals surface area contributed by atoms with Crippen molar-refractivity contribution in [2.45, 2.75) is 38.1 Å². The van der Waals surface area contributed by atoms with E-state index >= 15 is 0 Å². The van der Waals surface area contributed by atoms with Gasteiger partial charge in [-0.1, -0.05) is 12.1 Å². The van der Waals surface area contributed by atoms with E-state index in [1.165, 1.54) is 0 Å². The number of carbonyl (C=O) groups excluding carboxylic acids is 2. The zero-order chi connectivity index (χ0) is 17.9. The maximum Gasteiger partial charge on any atom is 0.254 e. The van der Waals surface area contributed by atoms with Crippen molar-refractivity contribution in [2.24, 2.45) is 0 Å². The average Bonchev–Trinajstić information content (AvgIpc) is 3.14. The Bertz CT molecular complexity index is 806. The van der Waals surface area contributed by atoms with Crippen LogP contribution in [0.1, 0.15) is 54.2 Å². The number of likely N-dealkylation sites (tertiary alicyclic amines) is 1. The number of benzene rings is 1. The molecule has 1 atom stereocenters. The monoisotopic (exact) mass is 349 g/mol. The third kappa shape index (κ3) is 3.21. The summed E-state index contributed by atoms with van der Waals surface area (Å²) in [4.78, 5) is 33.4. The largest absolute Gasteiger partial charge is 0.330 e. The van der Waals surface area contributed by atoms with Gasteiger partial charge in [0.05, 0.1) is 11.7 Å². The van der Waals surface area contributed by atoms with Gasteiger partial charge in [-0.2, -0.15) is 0 Å². The topological polar surface area (TPSA) is 53.5 Å². The molecule has 2 amide bonds. The van der Waals surface area contributed by atoms with Gasteiger partial charge in [-0.05, 0) is 56.0 Å². The van der Waals surface area contributed by atoms with Crippen molar-refractivity contribution in [1.82, 2.24) is 9.88 Å². The highest BCUT2D eigenvalue weighted by atomic mass is 16.2. The summed E-state index contributed by atoms with van der Waals surface area (Å²) in [7, 11) is 0. The molecule has 5 heteroatoms. The molecule has 2 aliphatic heterocycles. The molecule has 2 aliphatic rings. The molecule has 0 aliphatic carbocycles. The first-order chi connectivity index (χ1) is 12.7. The van der Waals surface area contributed by atoms with Crippen molar-refractivity contribution < 1.29 is 9.59 Å². The number of nitrogens with zero attached hydrogens (tertiary/aromatic N) is 3. The molecule has 134 valence electrons. The number of rotatable bonds is 3. The molecule has 0 spiro atoms. The molecule has 0 N–H and O–H groups in total. The lowest BCUT2D eigenvalue weighted by molar-refractivity contribution is -0.117. The number of anilines is 1. The lowest BCUT2D eigenvalue weighted by Crippen LogP contribution is -2.39. The van der Waals surface area contributed by atoms with Gasteiger partial charge in [-0.15, -0.1) is 0 Å². The normalized spacial score (nSPS) is 20.5. The van der Waals surface area contributed by atoms with E-state index in [0.29, 0.717) is 12.0 Å². The summed E-state index contributed by atoms with van der Waals surface area (Å²) >= 11 is 0. The first kappa shape index (κ1) is 16.8. The van der Waals surface area contributed by atoms with Crippen LogP contribution in [0.2, 0.25) is 0 Å². The first-order valence-electron chi connectivity index (χ1n) is 9.36. The lowest BCUT2D eigenvalue weighted by Gasteiger charge is -2.35. The molecule has 2 saturated heterocycles. The van der Waals surface area contributed by atoms with Gasteiger partial charge in [0.25, 0.3) is 5.91 Å². The molecule has 2 fully saturated rings. The van der Waals surface area contributed by atoms with E-state index in [0.717, 1.165) is 50.2 Å². The van der Waals surface area contributed by atoms with E-state index in [1.807, 2.05) is 47.4 Å². The second-order valence-electron chi connectivity index (χ2n) is 6.96. The highest BCUT2D eigenvalue weighted by Gasteiger charge is 2.30. The smallest absolute Gasteiger partial charge is 0.254 e. The van der Waals surface area contributed by atoms with Gasteiger partial charge in [-0.25, -0.2) is 0 Å². The van der Waals surface area contributed by atoms with E-state index in [2.05, 4.69) is 4.98 Å². The number of aromatic nitrogens is 1. The zero-order valence-corrected chi connectivity index (χ0v) is 14.8. The average molecular weight is 349 g/mol. The second-order valence-corrected chi connectivity index (χ2v) is 6.96. The Hall–Kier alpha value is -2.69. The predicted molar refractivity (Wildman–Crippen MR) is 99.9 cm³/mol. The van der Waals surface area contributed by atoms with Gasteiger partial charge in [0.1, 0.15) is 0 Å². The Morgan fingerprint density at radius 3 is 2.73 bits per heavy atom. The van der Waals surface area contributed by atoms with Crippen LogP contribution in [0.3, 0.4) is 0 Å². The molecular formula is C21H23N3O2. The third-order valence-electron chi connectivity index (χ3n) is 5.27. The minimum atomic E-state index is 0.0221. The van der Waals surface area contributed by atoms with Crippen LogP contribution in [-0.4, -0.2) is 34.8 Å². The number of carbonyl (C=O) groups is 2. The number of pyridine rings is 1. The fourth-order valence-electron chi connectivity index (χ4n) is 3.95. The predicted octanol–water partition coefficient (Wildman–Crippen LogP) is 3.58. The summed E-state index contributed by atoms with van der Waals surface area (Å²) < 4.78 is 0. The Morgan fingerprint density at radius 2 is 1.96 bits per heavy atom. The van der Waals surface area contributed by atoms with E-state index < -0.39 is 0 Å². The van der Waals surface area contributed by atoms with Crippen molar-refractivity contribution in [2.75, 3.05) is 18.0 Å². The van der Waals surface area contributed by atoms with Gasteiger partial charge in [0.15, 0.2) is 0 Å². The van der Waals surface area contributed by atoms with Gasteiger partial charge < -0.3 is 9.80 Å². The standard InChI is InChI=1S/C21H23N3O2/c25-20-11-6-14-23(20)17-8-5-7-16(15-17)21(26)24-13-4-2-10-19(24)18-9-1-3-12-22-18/h1,3,5,7-9,12,15,19H,2,4,6,10-11,13-14H2/t19-/m0/s1. The molecule has 2 aromatic rings. The highest BCUT2D eigenvalue weighted by Crippen LogP contribution is 2.31. The molecule has 1 aromatic carbocycles. The van der Waals surface area contributed by atoms with Crippen LogP contribution < -0.4 is 4.90 Å². The SMILES string of the molecule is O=C1CCCN1c1cccc(C(=O)N2CCCC[C@H]2c2ccccn2)c1. The summed E-state index contributed by atoms with van der Waals surface area (Å²) in [6.45, 7) is 1.48. The van der Waals surface area contributed by atoms with Gasteiger partial charge in [0.2, 0.25) is 5.91 Å². The van der Waals surface area contributed by atoms with Crippen molar-refractivity contribution >= 4 is 17.5 Å². The molecule has 3 heterocycles. The molecule has 26 heavy (non-hydrogen) atoms. The van der Waals surface area contributed by atoms with Crippen LogP contribution in [0, 0.1) is 0 Å². The fourth-order valence-corrected chi connectivity index (χ4v) is 3.95. The minimum Gasteiger partial charge on any atom is -0.330 e. The molecule has 4 rings (SSSR count). The van der Waals surface area contributed by atoms with Crippen LogP contribution in [0.25, 0.3) is 0 Å².